The zero-order chi connectivity index (χ0) is 15.6. The molecule has 1 heterocycles. The molecule has 0 radical (unpaired) electrons. The molecule has 1 aliphatic rings. The van der Waals surface area contributed by atoms with Crippen molar-refractivity contribution in [2.24, 2.45) is 5.10 Å². The van der Waals surface area contributed by atoms with Crippen LogP contribution in [0.5, 0.6) is 5.75 Å². The van der Waals surface area contributed by atoms with Crippen LogP contribution >= 0.6 is 0 Å². The van der Waals surface area contributed by atoms with Gasteiger partial charge in [-0.05, 0) is 62.2 Å². The van der Waals surface area contributed by atoms with Gasteiger partial charge in [0.2, 0.25) is 0 Å². The molecule has 1 fully saturated rings. The van der Waals surface area contributed by atoms with Gasteiger partial charge >= 0.3 is 0 Å². The average Bonchev–Trinajstić information content (AvgIpc) is 2.55. The Morgan fingerprint density at radius 3 is 2.68 bits per heavy atom. The van der Waals surface area contributed by atoms with E-state index in [0.717, 1.165) is 37.4 Å². The third kappa shape index (κ3) is 5.85. The van der Waals surface area contributed by atoms with Crippen molar-refractivity contribution in [1.29, 1.82) is 0 Å². The quantitative estimate of drug-likeness (QED) is 0.621. The number of carbonyl (C=O) groups is 1. The van der Waals surface area contributed by atoms with Crippen LogP contribution in [-0.2, 0) is 4.79 Å². The van der Waals surface area contributed by atoms with Crippen LogP contribution in [0.1, 0.15) is 38.2 Å². The first-order chi connectivity index (χ1) is 10.8. The van der Waals surface area contributed by atoms with Crippen LogP contribution in [0.2, 0.25) is 0 Å². The highest BCUT2D eigenvalue weighted by atomic mass is 16.5. The minimum absolute atomic E-state index is 0.0546. The highest BCUT2D eigenvalue weighted by Crippen LogP contribution is 2.11. The number of hydrogen-bond acceptors (Lipinski definition) is 4. The van der Waals surface area contributed by atoms with E-state index >= 15 is 0 Å². The van der Waals surface area contributed by atoms with Crippen molar-refractivity contribution in [3.8, 4) is 5.75 Å². The van der Waals surface area contributed by atoms with Crippen molar-refractivity contribution in [2.45, 2.75) is 32.6 Å². The third-order valence-corrected chi connectivity index (χ3v) is 3.57. The first kappa shape index (κ1) is 16.5. The van der Waals surface area contributed by atoms with Gasteiger partial charge in [-0.2, -0.15) is 5.10 Å². The summed E-state index contributed by atoms with van der Waals surface area (Å²) in [4.78, 5) is 14.0. The van der Waals surface area contributed by atoms with Crippen LogP contribution in [0, 0.1) is 0 Å². The Hall–Kier alpha value is -1.88. The first-order valence-corrected chi connectivity index (χ1v) is 8.05. The van der Waals surface area contributed by atoms with E-state index < -0.39 is 0 Å². The Kier molecular flexibility index (Phi) is 6.90. The van der Waals surface area contributed by atoms with E-state index in [4.69, 9.17) is 4.74 Å². The van der Waals surface area contributed by atoms with E-state index in [2.05, 4.69) is 22.4 Å². The molecule has 0 spiro atoms. The van der Waals surface area contributed by atoms with Gasteiger partial charge in [-0.3, -0.25) is 9.69 Å². The number of benzene rings is 1. The predicted octanol–water partition coefficient (Wildman–Crippen LogP) is 2.41. The number of rotatable bonds is 7. The summed E-state index contributed by atoms with van der Waals surface area (Å²) in [5, 5.41) is 4.01. The molecule has 5 heteroatoms. The maximum atomic E-state index is 11.8. The molecule has 1 aliphatic heterocycles. The van der Waals surface area contributed by atoms with Gasteiger partial charge in [0.05, 0.1) is 19.4 Å². The molecule has 2 rings (SSSR count). The monoisotopic (exact) mass is 303 g/mol. The van der Waals surface area contributed by atoms with Crippen LogP contribution < -0.4 is 10.2 Å². The van der Waals surface area contributed by atoms with E-state index in [9.17, 15) is 4.79 Å². The number of ether oxygens (including phenoxy) is 1. The molecule has 0 unspecified atom stereocenters. The number of piperidine rings is 1. The molecular formula is C17H25N3O2. The molecule has 1 saturated heterocycles. The van der Waals surface area contributed by atoms with Crippen molar-refractivity contribution in [3.05, 3.63) is 29.8 Å². The second-order valence-electron chi connectivity index (χ2n) is 5.55. The van der Waals surface area contributed by atoms with Gasteiger partial charge in [-0.15, -0.1) is 0 Å². The van der Waals surface area contributed by atoms with Crippen LogP contribution in [0.3, 0.4) is 0 Å². The number of nitrogens with one attached hydrogen (secondary N) is 1. The molecule has 1 aromatic carbocycles. The van der Waals surface area contributed by atoms with E-state index in [1.165, 1.54) is 19.3 Å². The van der Waals surface area contributed by atoms with Gasteiger partial charge in [0.1, 0.15) is 5.75 Å². The van der Waals surface area contributed by atoms with Crippen molar-refractivity contribution < 1.29 is 9.53 Å². The lowest BCUT2D eigenvalue weighted by molar-refractivity contribution is -0.122. The summed E-state index contributed by atoms with van der Waals surface area (Å²) >= 11 is 0. The van der Waals surface area contributed by atoms with Crippen LogP contribution in [0.25, 0.3) is 0 Å². The summed E-state index contributed by atoms with van der Waals surface area (Å²) in [6, 6.07) is 7.66. The van der Waals surface area contributed by atoms with Crippen molar-refractivity contribution in [2.75, 3.05) is 26.2 Å². The van der Waals surface area contributed by atoms with E-state index in [1.807, 2.05) is 24.3 Å². The lowest BCUT2D eigenvalue weighted by atomic mass is 10.1. The summed E-state index contributed by atoms with van der Waals surface area (Å²) < 4.78 is 5.52. The molecule has 5 nitrogen and oxygen atoms in total. The maximum Gasteiger partial charge on any atom is 0.254 e. The number of nitrogens with zero attached hydrogens (tertiary/aromatic N) is 2. The largest absolute Gasteiger partial charge is 0.494 e. The second-order valence-corrected chi connectivity index (χ2v) is 5.55. The minimum atomic E-state index is -0.0546. The lowest BCUT2D eigenvalue weighted by Gasteiger charge is -2.25. The van der Waals surface area contributed by atoms with Crippen molar-refractivity contribution in [3.63, 3.8) is 0 Å². The molecule has 120 valence electrons. The highest BCUT2D eigenvalue weighted by molar-refractivity contribution is 5.83. The van der Waals surface area contributed by atoms with Crippen LogP contribution in [-0.4, -0.2) is 43.3 Å². The van der Waals surface area contributed by atoms with Gasteiger partial charge in [-0.1, -0.05) is 13.3 Å². The highest BCUT2D eigenvalue weighted by Gasteiger charge is 2.12. The molecule has 22 heavy (non-hydrogen) atoms. The Morgan fingerprint density at radius 1 is 1.27 bits per heavy atom. The molecule has 0 aliphatic carbocycles. The third-order valence-electron chi connectivity index (χ3n) is 3.57. The molecule has 0 aromatic heterocycles. The molecule has 1 N–H and O–H groups in total. The first-order valence-electron chi connectivity index (χ1n) is 8.05. The standard InChI is InChI=1S/C17H25N3O2/c1-2-12-22-16-8-6-15(7-9-16)13-18-19-17(21)14-20-10-4-3-5-11-20/h6-9,13H,2-5,10-12,14H2,1H3,(H,19,21)/b18-13-. The summed E-state index contributed by atoms with van der Waals surface area (Å²) in [5.74, 6) is 0.800. The van der Waals surface area contributed by atoms with Crippen molar-refractivity contribution in [1.82, 2.24) is 10.3 Å². The summed E-state index contributed by atoms with van der Waals surface area (Å²) in [6.45, 7) is 5.25. The molecule has 0 atom stereocenters. The fourth-order valence-electron chi connectivity index (χ4n) is 2.40. The fraction of sp³-hybridized carbons (Fsp3) is 0.529. The molecule has 1 aromatic rings. The predicted molar refractivity (Wildman–Crippen MR) is 88.3 cm³/mol. The van der Waals surface area contributed by atoms with Crippen LogP contribution in [0.4, 0.5) is 0 Å². The fourth-order valence-corrected chi connectivity index (χ4v) is 2.40. The molecule has 0 bridgehead atoms. The average molecular weight is 303 g/mol. The second kappa shape index (κ2) is 9.20. The lowest BCUT2D eigenvalue weighted by Crippen LogP contribution is -2.38. The van der Waals surface area contributed by atoms with Gasteiger partial charge in [0, 0.05) is 0 Å². The number of carbonyl (C=O) groups excluding carboxylic acids is 1. The minimum Gasteiger partial charge on any atom is -0.494 e. The summed E-state index contributed by atoms with van der Waals surface area (Å²) in [5.41, 5.74) is 3.52. The number of hydrazone groups is 1. The Labute approximate surface area is 132 Å². The molecule has 0 saturated carbocycles. The van der Waals surface area contributed by atoms with E-state index in [1.54, 1.807) is 6.21 Å². The van der Waals surface area contributed by atoms with Crippen LogP contribution in [0.15, 0.2) is 29.4 Å². The Morgan fingerprint density at radius 2 is 2.00 bits per heavy atom. The molecule has 1 amide bonds. The number of amides is 1. The maximum absolute atomic E-state index is 11.8. The molecular weight excluding hydrogens is 278 g/mol. The van der Waals surface area contributed by atoms with Gasteiger partial charge in [0.25, 0.3) is 5.91 Å². The summed E-state index contributed by atoms with van der Waals surface area (Å²) in [7, 11) is 0. The summed E-state index contributed by atoms with van der Waals surface area (Å²) in [6.07, 6.45) is 6.28. The number of likely N-dealkylation sites (tertiary alicyclic amines) is 1. The number of hydrogen-bond donors (Lipinski definition) is 1. The van der Waals surface area contributed by atoms with Gasteiger partial charge < -0.3 is 4.74 Å². The smallest absolute Gasteiger partial charge is 0.254 e. The Balaban J connectivity index is 1.72. The zero-order valence-electron chi connectivity index (χ0n) is 13.3. The van der Waals surface area contributed by atoms with Gasteiger partial charge in [0.15, 0.2) is 0 Å². The van der Waals surface area contributed by atoms with Crippen molar-refractivity contribution >= 4 is 12.1 Å². The zero-order valence-corrected chi connectivity index (χ0v) is 13.3. The van der Waals surface area contributed by atoms with Gasteiger partial charge in [-0.25, -0.2) is 5.43 Å². The van der Waals surface area contributed by atoms with E-state index in [-0.39, 0.29) is 5.91 Å². The topological polar surface area (TPSA) is 53.9 Å². The SMILES string of the molecule is CCCOc1ccc(/C=N\NC(=O)CN2CCCCC2)cc1. The normalized spacial score (nSPS) is 15.9. The van der Waals surface area contributed by atoms with E-state index in [0.29, 0.717) is 6.54 Å². The Bertz CT molecular complexity index is 479.